The Balaban J connectivity index is 1.61. The fourth-order valence-electron chi connectivity index (χ4n) is 4.25. The Hall–Kier alpha value is -2.85. The number of carbonyl (C=O) groups excluding carboxylic acids is 2. The molecule has 3 aromatic rings. The number of rotatable bonds is 3. The van der Waals surface area contributed by atoms with Gasteiger partial charge in [0.05, 0.1) is 5.69 Å². The lowest BCUT2D eigenvalue weighted by molar-refractivity contribution is -0.117. The lowest BCUT2D eigenvalue weighted by atomic mass is 10.0. The average Bonchev–Trinajstić information content (AvgIpc) is 3.31. The zero-order valence-electron chi connectivity index (χ0n) is 14.5. The molecule has 1 spiro atoms. The average molecular weight is 371 g/mol. The van der Waals surface area contributed by atoms with Gasteiger partial charge >= 0.3 is 0 Å². The summed E-state index contributed by atoms with van der Waals surface area (Å²) in [5, 5.41) is -0.189. The summed E-state index contributed by atoms with van der Waals surface area (Å²) in [7, 11) is 0. The van der Waals surface area contributed by atoms with E-state index in [4.69, 9.17) is 0 Å². The van der Waals surface area contributed by atoms with E-state index in [9.17, 15) is 9.59 Å². The van der Waals surface area contributed by atoms with E-state index in [0.717, 1.165) is 11.1 Å². The van der Waals surface area contributed by atoms with Gasteiger partial charge in [-0.25, -0.2) is 4.90 Å². The summed E-state index contributed by atoms with van der Waals surface area (Å²) in [6.45, 7) is 0. The van der Waals surface area contributed by atoms with E-state index in [1.807, 2.05) is 66.7 Å². The maximum absolute atomic E-state index is 13.6. The second-order valence-electron chi connectivity index (χ2n) is 6.91. The first-order valence-corrected chi connectivity index (χ1v) is 9.77. The predicted octanol–water partition coefficient (Wildman–Crippen LogP) is 5.21. The van der Waals surface area contributed by atoms with Crippen LogP contribution < -0.4 is 4.90 Å². The van der Waals surface area contributed by atoms with Crippen LogP contribution in [0.2, 0.25) is 0 Å². The first-order chi connectivity index (χ1) is 13.2. The molecule has 2 atom stereocenters. The second-order valence-corrected chi connectivity index (χ2v) is 8.14. The van der Waals surface area contributed by atoms with Crippen molar-refractivity contribution in [2.45, 2.75) is 16.6 Å². The maximum Gasteiger partial charge on any atom is 0.293 e. The number of thioether (sulfide) groups is 1. The fraction of sp³-hybridized carbons (Fsp3) is 0.130. The molecule has 132 valence electrons. The Labute approximate surface area is 162 Å². The minimum atomic E-state index is -0.754. The van der Waals surface area contributed by atoms with Crippen molar-refractivity contribution in [2.75, 3.05) is 4.90 Å². The largest absolute Gasteiger partial charge is 0.293 e. The third kappa shape index (κ3) is 2.37. The topological polar surface area (TPSA) is 37.4 Å². The van der Waals surface area contributed by atoms with Crippen molar-refractivity contribution in [3.05, 3.63) is 102 Å². The highest BCUT2D eigenvalue weighted by molar-refractivity contribution is 8.17. The van der Waals surface area contributed by atoms with Gasteiger partial charge in [-0.3, -0.25) is 9.59 Å². The number of hydrogen-bond donors (Lipinski definition) is 0. The number of para-hydroxylation sites is 1. The van der Waals surface area contributed by atoms with Crippen LogP contribution >= 0.6 is 11.8 Å². The van der Waals surface area contributed by atoms with Crippen LogP contribution in [0.3, 0.4) is 0 Å². The molecule has 2 amide bonds. The quantitative estimate of drug-likeness (QED) is 0.634. The molecule has 1 saturated carbocycles. The van der Waals surface area contributed by atoms with Crippen molar-refractivity contribution in [1.82, 2.24) is 0 Å². The Bertz CT molecular complexity index is 959. The molecule has 1 heterocycles. The first kappa shape index (κ1) is 16.3. The van der Waals surface area contributed by atoms with E-state index >= 15 is 0 Å². The summed E-state index contributed by atoms with van der Waals surface area (Å²) in [5.74, 6) is -0.112. The van der Waals surface area contributed by atoms with Crippen LogP contribution in [0, 0.1) is 0 Å². The Morgan fingerprint density at radius 3 is 1.59 bits per heavy atom. The van der Waals surface area contributed by atoms with Gasteiger partial charge < -0.3 is 0 Å². The van der Waals surface area contributed by atoms with Gasteiger partial charge in [0.25, 0.3) is 11.1 Å². The van der Waals surface area contributed by atoms with Crippen LogP contribution in [0.4, 0.5) is 10.5 Å². The number of hydrogen-bond acceptors (Lipinski definition) is 3. The SMILES string of the molecule is O=C1SC2(C(=O)N1c1ccccc1)[C@@H](c1ccccc1)[C@@H]2c1ccccc1. The molecule has 1 saturated heterocycles. The van der Waals surface area contributed by atoms with Crippen LogP contribution in [0.1, 0.15) is 23.0 Å². The number of benzene rings is 3. The van der Waals surface area contributed by atoms with Crippen molar-refractivity contribution in [1.29, 1.82) is 0 Å². The molecular weight excluding hydrogens is 354 g/mol. The van der Waals surface area contributed by atoms with Crippen molar-refractivity contribution < 1.29 is 9.59 Å². The number of nitrogens with zero attached hydrogens (tertiary/aromatic N) is 1. The van der Waals surface area contributed by atoms with Gasteiger partial charge in [-0.05, 0) is 35.0 Å². The molecule has 0 radical (unpaired) electrons. The molecule has 5 rings (SSSR count). The number of amides is 2. The van der Waals surface area contributed by atoms with Gasteiger partial charge in [-0.1, -0.05) is 78.9 Å². The normalized spacial score (nSPS) is 26.6. The Kier molecular flexibility index (Phi) is 3.69. The molecule has 2 fully saturated rings. The van der Waals surface area contributed by atoms with Gasteiger partial charge in [-0.15, -0.1) is 0 Å². The standard InChI is InChI=1S/C23H17NO2S/c25-21-23(27-22(26)24(21)18-14-8-3-9-15-18)19(16-10-4-1-5-11-16)20(23)17-12-6-2-7-13-17/h1-15,19-20H/t19-,20-/m0/s1. The molecule has 3 nitrogen and oxygen atoms in total. The molecule has 1 aliphatic carbocycles. The molecule has 0 aromatic heterocycles. The highest BCUT2D eigenvalue weighted by Crippen LogP contribution is 2.73. The lowest BCUT2D eigenvalue weighted by Gasteiger charge is -2.14. The van der Waals surface area contributed by atoms with E-state index in [1.54, 1.807) is 0 Å². The summed E-state index contributed by atoms with van der Waals surface area (Å²) >= 11 is 1.19. The summed E-state index contributed by atoms with van der Waals surface area (Å²) in [5.41, 5.74) is 2.85. The Morgan fingerprint density at radius 2 is 1.11 bits per heavy atom. The van der Waals surface area contributed by atoms with Crippen molar-refractivity contribution >= 4 is 28.6 Å². The molecule has 3 aromatic carbocycles. The zero-order valence-corrected chi connectivity index (χ0v) is 15.3. The third-order valence-corrected chi connectivity index (χ3v) is 6.83. The van der Waals surface area contributed by atoms with E-state index in [2.05, 4.69) is 24.3 Å². The minimum Gasteiger partial charge on any atom is -0.272 e. The van der Waals surface area contributed by atoms with Gasteiger partial charge in [0.2, 0.25) is 0 Å². The van der Waals surface area contributed by atoms with Gasteiger partial charge in [0, 0.05) is 11.8 Å². The molecule has 27 heavy (non-hydrogen) atoms. The van der Waals surface area contributed by atoms with Crippen molar-refractivity contribution in [3.63, 3.8) is 0 Å². The fourth-order valence-corrected chi connectivity index (χ4v) is 5.73. The van der Waals surface area contributed by atoms with Crippen LogP contribution in [0.5, 0.6) is 0 Å². The number of anilines is 1. The first-order valence-electron chi connectivity index (χ1n) is 8.96. The molecule has 2 aliphatic rings. The predicted molar refractivity (Wildman–Crippen MR) is 108 cm³/mol. The van der Waals surface area contributed by atoms with Crippen LogP contribution in [-0.4, -0.2) is 15.9 Å². The second kappa shape index (κ2) is 6.10. The van der Waals surface area contributed by atoms with E-state index in [-0.39, 0.29) is 23.0 Å². The van der Waals surface area contributed by atoms with Gasteiger partial charge in [0.1, 0.15) is 4.75 Å². The lowest BCUT2D eigenvalue weighted by Crippen LogP contribution is -2.33. The molecule has 1 aliphatic heterocycles. The minimum absolute atomic E-state index is 0.00346. The van der Waals surface area contributed by atoms with Crippen LogP contribution in [-0.2, 0) is 4.79 Å². The number of imide groups is 1. The number of carbonyl (C=O) groups is 2. The molecule has 0 unspecified atom stereocenters. The van der Waals surface area contributed by atoms with Crippen LogP contribution in [0.25, 0.3) is 0 Å². The highest BCUT2D eigenvalue weighted by atomic mass is 32.2. The van der Waals surface area contributed by atoms with Crippen LogP contribution in [0.15, 0.2) is 91.0 Å². The monoisotopic (exact) mass is 371 g/mol. The van der Waals surface area contributed by atoms with Crippen molar-refractivity contribution in [2.24, 2.45) is 0 Å². The summed E-state index contributed by atoms with van der Waals surface area (Å²) in [6, 6.07) is 29.3. The van der Waals surface area contributed by atoms with E-state index < -0.39 is 4.75 Å². The zero-order chi connectivity index (χ0) is 18.4. The van der Waals surface area contributed by atoms with Crippen molar-refractivity contribution in [3.8, 4) is 0 Å². The van der Waals surface area contributed by atoms with Gasteiger partial charge in [0.15, 0.2) is 0 Å². The highest BCUT2D eigenvalue weighted by Gasteiger charge is 2.76. The molecule has 4 heteroatoms. The smallest absolute Gasteiger partial charge is 0.272 e. The summed E-state index contributed by atoms with van der Waals surface area (Å²) in [4.78, 5) is 27.8. The molecular formula is C23H17NO2S. The molecule has 0 N–H and O–H groups in total. The maximum atomic E-state index is 13.6. The molecule has 0 bridgehead atoms. The summed E-state index contributed by atoms with van der Waals surface area (Å²) in [6.07, 6.45) is 0. The van der Waals surface area contributed by atoms with E-state index in [1.165, 1.54) is 16.7 Å². The third-order valence-electron chi connectivity index (χ3n) is 5.46. The summed E-state index contributed by atoms with van der Waals surface area (Å²) < 4.78 is -0.754. The van der Waals surface area contributed by atoms with Gasteiger partial charge in [-0.2, -0.15) is 0 Å². The Morgan fingerprint density at radius 1 is 0.667 bits per heavy atom. The van der Waals surface area contributed by atoms with E-state index in [0.29, 0.717) is 5.69 Å².